The van der Waals surface area contributed by atoms with Crippen molar-refractivity contribution in [1.29, 1.82) is 0 Å². The molecule has 1 aliphatic heterocycles. The van der Waals surface area contributed by atoms with Crippen LogP contribution >= 0.6 is 23.4 Å². The molecule has 224 valence electrons. The van der Waals surface area contributed by atoms with Crippen molar-refractivity contribution in [3.8, 4) is 0 Å². The van der Waals surface area contributed by atoms with Crippen LogP contribution < -0.4 is 5.32 Å². The lowest BCUT2D eigenvalue weighted by Crippen LogP contribution is -2.28. The predicted octanol–water partition coefficient (Wildman–Crippen LogP) is 7.15. The van der Waals surface area contributed by atoms with Crippen LogP contribution in [-0.2, 0) is 28.7 Å². The summed E-state index contributed by atoms with van der Waals surface area (Å²) in [5.41, 5.74) is -0.164. The Hall–Kier alpha value is -4.30. The average molecular weight is 633 g/mol. The number of amides is 3. The number of carbonyl (C=O) groups excluding carboxylic acids is 3. The van der Waals surface area contributed by atoms with Crippen molar-refractivity contribution < 1.29 is 32.3 Å². The molecule has 5 rings (SSSR count). The van der Waals surface area contributed by atoms with Crippen molar-refractivity contribution >= 4 is 63.0 Å². The van der Waals surface area contributed by atoms with Gasteiger partial charge >= 0.3 is 12.3 Å². The number of H-pyrrole nitrogens is 2. The first kappa shape index (κ1) is 30.2. The minimum Gasteiger partial charge on any atom is -0.444 e. The highest BCUT2D eigenvalue weighted by atomic mass is 35.5. The van der Waals surface area contributed by atoms with Gasteiger partial charge in [0, 0.05) is 16.6 Å². The number of benzene rings is 2. The summed E-state index contributed by atoms with van der Waals surface area (Å²) in [6.07, 6.45) is -2.80. The van der Waals surface area contributed by atoms with Gasteiger partial charge < -0.3 is 9.72 Å². The van der Waals surface area contributed by atoms with Crippen LogP contribution in [-0.4, -0.2) is 47.9 Å². The van der Waals surface area contributed by atoms with Gasteiger partial charge in [0.1, 0.15) is 5.60 Å². The normalized spacial score (nSPS) is 15.4. The number of fused-ring (bicyclic) bond motifs is 1. The van der Waals surface area contributed by atoms with E-state index in [1.54, 1.807) is 45.2 Å². The Morgan fingerprint density at radius 1 is 1.14 bits per heavy atom. The number of anilines is 1. The minimum absolute atomic E-state index is 0.0152. The van der Waals surface area contributed by atoms with Crippen LogP contribution in [0, 0.1) is 0 Å². The Morgan fingerprint density at radius 3 is 2.63 bits per heavy atom. The maximum atomic E-state index is 14.0. The number of hydrogen-bond donors (Lipinski definition) is 3. The zero-order valence-corrected chi connectivity index (χ0v) is 24.5. The van der Waals surface area contributed by atoms with Gasteiger partial charge in [-0.25, -0.2) is 9.78 Å². The summed E-state index contributed by atoms with van der Waals surface area (Å²) in [4.78, 5) is 46.6. The van der Waals surface area contributed by atoms with Gasteiger partial charge in [-0.3, -0.25) is 24.9 Å². The number of allylic oxidation sites excluding steroid dienone is 1. The van der Waals surface area contributed by atoms with Gasteiger partial charge in [-0.2, -0.15) is 18.3 Å². The van der Waals surface area contributed by atoms with Crippen LogP contribution in [0.5, 0.6) is 0 Å². The Kier molecular flexibility index (Phi) is 8.01. The first-order valence-electron chi connectivity index (χ1n) is 12.8. The number of nitrogens with zero attached hydrogens (tertiary/aromatic N) is 3. The number of halogens is 4. The Morgan fingerprint density at radius 2 is 1.91 bits per heavy atom. The highest BCUT2D eigenvalue weighted by Crippen LogP contribution is 2.41. The van der Waals surface area contributed by atoms with Crippen molar-refractivity contribution in [1.82, 2.24) is 25.1 Å². The zero-order chi connectivity index (χ0) is 31.1. The van der Waals surface area contributed by atoms with E-state index in [2.05, 4.69) is 25.5 Å². The number of hydrogen-bond acceptors (Lipinski definition) is 7. The van der Waals surface area contributed by atoms with E-state index >= 15 is 0 Å². The molecule has 43 heavy (non-hydrogen) atoms. The molecule has 1 aliphatic rings. The molecule has 1 saturated heterocycles. The predicted molar refractivity (Wildman–Crippen MR) is 155 cm³/mol. The molecule has 0 atom stereocenters. The monoisotopic (exact) mass is 632 g/mol. The van der Waals surface area contributed by atoms with Crippen LogP contribution in [0.2, 0.25) is 5.02 Å². The van der Waals surface area contributed by atoms with Crippen molar-refractivity contribution in [2.24, 2.45) is 0 Å². The fourth-order valence-corrected chi connectivity index (χ4v) is 5.50. The molecule has 3 amide bonds. The molecule has 0 aliphatic carbocycles. The summed E-state index contributed by atoms with van der Waals surface area (Å²) in [5, 5.41) is 9.18. The minimum atomic E-state index is -4.70. The van der Waals surface area contributed by atoms with E-state index in [4.69, 9.17) is 16.3 Å². The zero-order valence-electron chi connectivity index (χ0n) is 22.9. The number of rotatable bonds is 6. The van der Waals surface area contributed by atoms with Gasteiger partial charge in [0.05, 0.1) is 34.4 Å². The topological polar surface area (TPSA) is 133 Å². The second kappa shape index (κ2) is 11.4. The molecule has 3 heterocycles. The third kappa shape index (κ3) is 6.86. The van der Waals surface area contributed by atoms with E-state index < -0.39 is 34.6 Å². The van der Waals surface area contributed by atoms with E-state index in [-0.39, 0.29) is 45.7 Å². The fourth-order valence-electron chi connectivity index (χ4n) is 4.39. The number of aromatic amines is 2. The number of aromatic nitrogens is 4. The first-order valence-corrected chi connectivity index (χ1v) is 14.0. The van der Waals surface area contributed by atoms with Crippen LogP contribution in [0.15, 0.2) is 53.7 Å². The number of carbonyl (C=O) groups is 3. The van der Waals surface area contributed by atoms with Gasteiger partial charge in [-0.05, 0) is 79.9 Å². The molecule has 2 aromatic heterocycles. The summed E-state index contributed by atoms with van der Waals surface area (Å²) in [5.74, 6) is -0.646. The Labute approximate surface area is 252 Å². The molecule has 0 bridgehead atoms. The smallest absolute Gasteiger partial charge is 0.416 e. The third-order valence-electron chi connectivity index (χ3n) is 6.23. The summed E-state index contributed by atoms with van der Waals surface area (Å²) in [6, 6.07) is 8.46. The highest BCUT2D eigenvalue weighted by Gasteiger charge is 2.39. The molecule has 0 radical (unpaired) electrons. The number of ether oxygens (including phenoxy) is 1. The first-order chi connectivity index (χ1) is 20.2. The van der Waals surface area contributed by atoms with E-state index in [1.165, 1.54) is 18.3 Å². The third-order valence-corrected chi connectivity index (χ3v) is 7.48. The molecule has 3 N–H and O–H groups in total. The van der Waals surface area contributed by atoms with E-state index in [9.17, 15) is 27.6 Å². The van der Waals surface area contributed by atoms with Crippen molar-refractivity contribution in [3.63, 3.8) is 0 Å². The second-order valence-corrected chi connectivity index (χ2v) is 12.0. The molecule has 1 fully saturated rings. The van der Waals surface area contributed by atoms with Gasteiger partial charge in [0.25, 0.3) is 11.1 Å². The fraction of sp³-hybridized carbons (Fsp3) is 0.250. The van der Waals surface area contributed by atoms with E-state index in [0.29, 0.717) is 28.2 Å². The maximum Gasteiger partial charge on any atom is 0.416 e. The second-order valence-electron chi connectivity index (χ2n) is 10.6. The standard InChI is InChI=1S/C28H24ClF3N6O4S/c1-27(2,3)42-25(40)36-24-33-12-18(35-24)13-38-23(39)22(43-26(38)41)19(14-5-7-21-16(8-14)11-34-37-21)9-15-4-6-17(29)10-20(15)28(30,31)32/h4-8,10-12H,9,13H2,1-3H3,(H,34,37)(H2,33,35,36,40)/b22-19-. The highest BCUT2D eigenvalue weighted by molar-refractivity contribution is 8.18. The van der Waals surface area contributed by atoms with E-state index in [0.717, 1.165) is 11.0 Å². The average Bonchev–Trinajstić information content (AvgIpc) is 3.62. The maximum absolute atomic E-state index is 14.0. The molecule has 0 saturated carbocycles. The molecule has 0 spiro atoms. The van der Waals surface area contributed by atoms with Crippen LogP contribution in [0.25, 0.3) is 16.5 Å². The molecule has 15 heteroatoms. The van der Waals surface area contributed by atoms with Crippen molar-refractivity contribution in [3.05, 3.63) is 81.1 Å². The van der Waals surface area contributed by atoms with Crippen LogP contribution in [0.4, 0.5) is 28.7 Å². The molecular weight excluding hydrogens is 609 g/mol. The van der Waals surface area contributed by atoms with Crippen LogP contribution in [0.3, 0.4) is 0 Å². The quantitative estimate of drug-likeness (QED) is 0.192. The van der Waals surface area contributed by atoms with Crippen molar-refractivity contribution in [2.45, 2.75) is 45.5 Å². The number of nitrogens with one attached hydrogen (secondary N) is 3. The Bertz CT molecular complexity index is 1780. The lowest BCUT2D eigenvalue weighted by molar-refractivity contribution is -0.138. The molecule has 2 aromatic carbocycles. The van der Waals surface area contributed by atoms with Gasteiger partial charge in [0.2, 0.25) is 5.95 Å². The molecule has 4 aromatic rings. The summed E-state index contributed by atoms with van der Waals surface area (Å²) in [7, 11) is 0. The lowest BCUT2D eigenvalue weighted by Gasteiger charge is -2.18. The summed E-state index contributed by atoms with van der Waals surface area (Å²) >= 11 is 6.51. The number of thioether (sulfide) groups is 1. The molecule has 0 unspecified atom stereocenters. The largest absolute Gasteiger partial charge is 0.444 e. The Balaban J connectivity index is 1.48. The molecular formula is C28H24ClF3N6O4S. The van der Waals surface area contributed by atoms with Gasteiger partial charge in [0.15, 0.2) is 0 Å². The number of alkyl halides is 3. The lowest BCUT2D eigenvalue weighted by atomic mass is 9.93. The summed E-state index contributed by atoms with van der Waals surface area (Å²) < 4.78 is 47.1. The van der Waals surface area contributed by atoms with Crippen LogP contribution in [0.1, 0.15) is 43.2 Å². The van der Waals surface area contributed by atoms with E-state index in [1.807, 2.05) is 0 Å². The molecule has 10 nitrogen and oxygen atoms in total. The SMILES string of the molecule is CC(C)(C)OC(=O)Nc1nc(CN2C(=O)S/C(=C(/Cc3ccc(Cl)cc3C(F)(F)F)c3ccc4[nH]ncc4c3)C2=O)c[nH]1. The van der Waals surface area contributed by atoms with Gasteiger partial charge in [-0.15, -0.1) is 0 Å². The van der Waals surface area contributed by atoms with Gasteiger partial charge in [-0.1, -0.05) is 23.7 Å². The number of imide groups is 1. The van der Waals surface area contributed by atoms with Crippen molar-refractivity contribution in [2.75, 3.05) is 5.32 Å². The summed E-state index contributed by atoms with van der Waals surface area (Å²) in [6.45, 7) is 4.85. The number of imidazole rings is 1.